The van der Waals surface area contributed by atoms with Crippen molar-refractivity contribution in [2.24, 2.45) is 0 Å². The van der Waals surface area contributed by atoms with Gasteiger partial charge in [0.25, 0.3) is 15.9 Å². The summed E-state index contributed by atoms with van der Waals surface area (Å²) >= 11 is 0. The molecule has 182 valence electrons. The molecule has 0 unspecified atom stereocenters. The van der Waals surface area contributed by atoms with Gasteiger partial charge in [0.2, 0.25) is 0 Å². The van der Waals surface area contributed by atoms with E-state index in [-0.39, 0.29) is 41.1 Å². The molecule has 2 N–H and O–H groups in total. The topological polar surface area (TPSA) is 131 Å². The summed E-state index contributed by atoms with van der Waals surface area (Å²) in [6, 6.07) is 10.3. The Bertz CT molecular complexity index is 1200. The normalized spacial score (nSPS) is 22.5. The van der Waals surface area contributed by atoms with Crippen LogP contribution in [-0.2, 0) is 19.6 Å². The summed E-state index contributed by atoms with van der Waals surface area (Å²) < 4.78 is 45.1. The van der Waals surface area contributed by atoms with Crippen LogP contribution in [0.25, 0.3) is 0 Å². The van der Waals surface area contributed by atoms with Gasteiger partial charge in [0.1, 0.15) is 24.2 Å². The second-order valence-electron chi connectivity index (χ2n) is 8.26. The second kappa shape index (κ2) is 9.51. The first-order valence-electron chi connectivity index (χ1n) is 10.8. The van der Waals surface area contributed by atoms with Crippen molar-refractivity contribution in [3.8, 4) is 11.5 Å². The number of fused-ring (bicyclic) bond motifs is 2. The van der Waals surface area contributed by atoms with Crippen LogP contribution in [0.15, 0.2) is 47.4 Å². The van der Waals surface area contributed by atoms with Crippen molar-refractivity contribution in [1.29, 1.82) is 0 Å². The Kier molecular flexibility index (Phi) is 6.67. The fourth-order valence-corrected chi connectivity index (χ4v) is 5.35. The van der Waals surface area contributed by atoms with Crippen LogP contribution in [0.2, 0.25) is 0 Å². The molecular formula is C23H26N2O8S. The zero-order valence-electron chi connectivity index (χ0n) is 18.8. The molecule has 0 spiro atoms. The number of hydrogen-bond donors (Lipinski definition) is 2. The molecule has 2 heterocycles. The van der Waals surface area contributed by atoms with Crippen molar-refractivity contribution in [3.63, 3.8) is 0 Å². The number of hydrogen-bond acceptors (Lipinski definition) is 7. The number of sulfonamides is 1. The number of rotatable bonds is 6. The smallest absolute Gasteiger partial charge is 0.305 e. The van der Waals surface area contributed by atoms with Crippen molar-refractivity contribution in [2.75, 3.05) is 25.5 Å². The highest BCUT2D eigenvalue weighted by atomic mass is 32.2. The summed E-state index contributed by atoms with van der Waals surface area (Å²) in [6.07, 6.45) is 0.0859. The molecule has 2 aliphatic rings. The van der Waals surface area contributed by atoms with Gasteiger partial charge in [0, 0.05) is 18.8 Å². The number of carbonyl (C=O) groups excluding carboxylic acids is 1. The monoisotopic (exact) mass is 490 g/mol. The zero-order valence-corrected chi connectivity index (χ0v) is 19.6. The van der Waals surface area contributed by atoms with Gasteiger partial charge in [-0.3, -0.25) is 14.3 Å². The number of nitrogens with zero attached hydrogens (tertiary/aromatic N) is 1. The molecular weight excluding hydrogens is 464 g/mol. The third-order valence-electron chi connectivity index (χ3n) is 6.02. The van der Waals surface area contributed by atoms with Crippen LogP contribution in [0.5, 0.6) is 11.5 Å². The Balaban J connectivity index is 1.57. The highest BCUT2D eigenvalue weighted by Crippen LogP contribution is 2.33. The number of carboxylic acids is 1. The summed E-state index contributed by atoms with van der Waals surface area (Å²) in [5.74, 6) is -0.578. The predicted octanol–water partition coefficient (Wildman–Crippen LogP) is 2.35. The minimum Gasteiger partial charge on any atom is -0.497 e. The van der Waals surface area contributed by atoms with Gasteiger partial charge in [0.05, 0.1) is 36.1 Å². The molecule has 1 fully saturated rings. The maximum absolute atomic E-state index is 13.3. The first-order valence-corrected chi connectivity index (χ1v) is 12.2. The number of likely N-dealkylation sites (N-methyl/N-ethyl adjacent to an activating group) is 1. The summed E-state index contributed by atoms with van der Waals surface area (Å²) in [4.78, 5) is 25.9. The molecule has 2 aromatic rings. The number of methoxy groups -OCH3 is 1. The molecule has 0 bridgehead atoms. The largest absolute Gasteiger partial charge is 0.497 e. The van der Waals surface area contributed by atoms with Crippen molar-refractivity contribution >= 4 is 27.6 Å². The van der Waals surface area contributed by atoms with E-state index in [1.165, 1.54) is 37.4 Å². The number of ether oxygens (including phenoxy) is 3. The van der Waals surface area contributed by atoms with Gasteiger partial charge in [-0.25, -0.2) is 8.42 Å². The van der Waals surface area contributed by atoms with E-state index in [0.29, 0.717) is 24.3 Å². The molecule has 2 aromatic carbocycles. The minimum atomic E-state index is -3.92. The van der Waals surface area contributed by atoms with Crippen LogP contribution in [0, 0.1) is 0 Å². The van der Waals surface area contributed by atoms with Crippen LogP contribution < -0.4 is 14.2 Å². The molecule has 34 heavy (non-hydrogen) atoms. The maximum atomic E-state index is 13.3. The van der Waals surface area contributed by atoms with Crippen molar-refractivity contribution in [3.05, 3.63) is 48.0 Å². The molecule has 1 amide bonds. The van der Waals surface area contributed by atoms with Gasteiger partial charge in [-0.1, -0.05) is 6.07 Å². The van der Waals surface area contributed by atoms with Crippen molar-refractivity contribution < 1.29 is 37.3 Å². The zero-order chi connectivity index (χ0) is 24.5. The number of carbonyl (C=O) groups is 2. The van der Waals surface area contributed by atoms with Crippen LogP contribution in [-0.4, -0.2) is 69.3 Å². The lowest BCUT2D eigenvalue weighted by Gasteiger charge is -2.42. The van der Waals surface area contributed by atoms with Gasteiger partial charge in [-0.05, 0) is 43.2 Å². The first kappa shape index (κ1) is 23.8. The number of anilines is 1. The van der Waals surface area contributed by atoms with Gasteiger partial charge >= 0.3 is 5.97 Å². The Labute approximate surface area is 197 Å². The molecule has 10 nitrogen and oxygen atoms in total. The lowest BCUT2D eigenvalue weighted by Crippen LogP contribution is -2.53. The van der Waals surface area contributed by atoms with Crippen LogP contribution in [0.3, 0.4) is 0 Å². The average molecular weight is 491 g/mol. The molecule has 0 radical (unpaired) electrons. The SMILES string of the molecule is COc1cccc(S(=O)(=O)Nc2ccc3c(c2)C(=O)N(C)[C@H]2CC[C@H](CC(=O)O)O[C@H]2CO3)c1. The molecule has 2 aliphatic heterocycles. The number of nitrogens with one attached hydrogen (secondary N) is 1. The Hall–Kier alpha value is -3.31. The summed E-state index contributed by atoms with van der Waals surface area (Å²) in [5, 5.41) is 9.06. The summed E-state index contributed by atoms with van der Waals surface area (Å²) in [7, 11) is -0.814. The Morgan fingerprint density at radius 3 is 2.76 bits per heavy atom. The van der Waals surface area contributed by atoms with E-state index in [0.717, 1.165) is 0 Å². The quantitative estimate of drug-likeness (QED) is 0.631. The molecule has 11 heteroatoms. The predicted molar refractivity (Wildman–Crippen MR) is 122 cm³/mol. The maximum Gasteiger partial charge on any atom is 0.305 e. The van der Waals surface area contributed by atoms with E-state index in [1.54, 1.807) is 24.1 Å². The van der Waals surface area contributed by atoms with Gasteiger partial charge in [-0.15, -0.1) is 0 Å². The molecule has 1 saturated heterocycles. The first-order chi connectivity index (χ1) is 16.2. The number of carboxylic acid groups (broad SMARTS) is 1. The number of aliphatic carboxylic acids is 1. The minimum absolute atomic E-state index is 0.0244. The van der Waals surface area contributed by atoms with Crippen LogP contribution >= 0.6 is 0 Å². The average Bonchev–Trinajstić information content (AvgIpc) is 2.81. The van der Waals surface area contributed by atoms with E-state index in [9.17, 15) is 18.0 Å². The second-order valence-corrected chi connectivity index (χ2v) is 9.94. The number of benzene rings is 2. The highest BCUT2D eigenvalue weighted by molar-refractivity contribution is 7.92. The van der Waals surface area contributed by atoms with Crippen LogP contribution in [0.1, 0.15) is 29.6 Å². The Morgan fingerprint density at radius 1 is 1.24 bits per heavy atom. The molecule has 0 saturated carbocycles. The number of amides is 1. The van der Waals surface area contributed by atoms with E-state index in [4.69, 9.17) is 19.3 Å². The summed E-state index contributed by atoms with van der Waals surface area (Å²) in [6.45, 7) is 0.139. The van der Waals surface area contributed by atoms with Gasteiger partial charge in [0.15, 0.2) is 0 Å². The molecule has 4 rings (SSSR count). The van der Waals surface area contributed by atoms with Crippen molar-refractivity contribution in [1.82, 2.24) is 4.90 Å². The lowest BCUT2D eigenvalue weighted by molar-refractivity contribution is -0.148. The molecule has 0 aromatic heterocycles. The van der Waals surface area contributed by atoms with Gasteiger partial charge < -0.3 is 24.2 Å². The third kappa shape index (κ3) is 4.95. The fraction of sp³-hybridized carbons (Fsp3) is 0.391. The fourth-order valence-electron chi connectivity index (χ4n) is 4.27. The molecule has 0 aliphatic carbocycles. The third-order valence-corrected chi connectivity index (χ3v) is 7.40. The van der Waals surface area contributed by atoms with E-state index in [1.807, 2.05) is 0 Å². The van der Waals surface area contributed by atoms with E-state index >= 15 is 0 Å². The van der Waals surface area contributed by atoms with Gasteiger partial charge in [-0.2, -0.15) is 0 Å². The highest BCUT2D eigenvalue weighted by Gasteiger charge is 2.39. The van der Waals surface area contributed by atoms with Crippen molar-refractivity contribution in [2.45, 2.75) is 42.4 Å². The lowest BCUT2D eigenvalue weighted by atomic mass is 9.95. The van der Waals surface area contributed by atoms with Crippen LogP contribution in [0.4, 0.5) is 5.69 Å². The molecule has 3 atom stereocenters. The summed E-state index contributed by atoms with van der Waals surface area (Å²) in [5.41, 5.74) is 0.435. The Morgan fingerprint density at radius 2 is 2.03 bits per heavy atom. The van der Waals surface area contributed by atoms with E-state index < -0.39 is 28.2 Å². The standard InChI is InChI=1S/C23H26N2O8S/c1-25-19-8-7-16(12-22(26)27)33-21(19)13-32-20-9-6-14(10-18(20)23(25)28)24-34(29,30)17-5-3-4-15(11-17)31-2/h3-6,9-11,16,19,21,24H,7-8,12-13H2,1-2H3,(H,26,27)/t16-,19+,21+/m1/s1. The van der Waals surface area contributed by atoms with E-state index in [2.05, 4.69) is 4.72 Å².